The molecule has 19 heavy (non-hydrogen) atoms. The van der Waals surface area contributed by atoms with E-state index < -0.39 is 10.0 Å². The van der Waals surface area contributed by atoms with E-state index >= 15 is 0 Å². The maximum absolute atomic E-state index is 12.2. The third-order valence-corrected chi connectivity index (χ3v) is 7.18. The Hall–Kier alpha value is -0.370. The average molecular weight is 318 g/mol. The number of rotatable bonds is 4. The second kappa shape index (κ2) is 6.39. The van der Waals surface area contributed by atoms with Crippen LogP contribution in [0.2, 0.25) is 0 Å². The fourth-order valence-electron chi connectivity index (χ4n) is 1.85. The molecule has 2 rings (SSSR count). The molecule has 1 aromatic rings. The van der Waals surface area contributed by atoms with Crippen molar-refractivity contribution in [1.82, 2.24) is 4.72 Å². The molecule has 1 heterocycles. The van der Waals surface area contributed by atoms with Crippen molar-refractivity contribution in [3.05, 3.63) is 23.8 Å². The van der Waals surface area contributed by atoms with E-state index in [-0.39, 0.29) is 4.90 Å². The Morgan fingerprint density at radius 2 is 2.21 bits per heavy atom. The third kappa shape index (κ3) is 4.05. The number of benzene rings is 1. The summed E-state index contributed by atoms with van der Waals surface area (Å²) in [7, 11) is -3.50. The van der Waals surface area contributed by atoms with E-state index in [9.17, 15) is 8.42 Å². The maximum atomic E-state index is 12.2. The summed E-state index contributed by atoms with van der Waals surface area (Å²) in [5, 5.41) is 0.347. The second-order valence-electron chi connectivity index (χ2n) is 4.46. The molecule has 7 heteroatoms. The Morgan fingerprint density at radius 1 is 1.42 bits per heavy atom. The molecule has 4 nitrogen and oxygen atoms in total. The summed E-state index contributed by atoms with van der Waals surface area (Å²) in [5.74, 6) is 3.24. The van der Waals surface area contributed by atoms with Crippen LogP contribution in [-0.4, -0.2) is 37.5 Å². The van der Waals surface area contributed by atoms with Crippen LogP contribution in [0.5, 0.6) is 0 Å². The molecule has 0 radical (unpaired) electrons. The van der Waals surface area contributed by atoms with Crippen LogP contribution in [0.1, 0.15) is 5.56 Å². The second-order valence-corrected chi connectivity index (χ2v) is 8.75. The standard InChI is InChI=1S/C12H18N2O2S3/c1-9-2-3-12(11(13)6-9)19(15,16)14-7-10-8-17-4-5-18-10/h2-3,6,10,14H,4-5,7-8,13H2,1H3. The lowest BCUT2D eigenvalue weighted by molar-refractivity contribution is 0.582. The quantitative estimate of drug-likeness (QED) is 0.827. The van der Waals surface area contributed by atoms with E-state index in [1.165, 1.54) is 0 Å². The van der Waals surface area contributed by atoms with Crippen LogP contribution in [-0.2, 0) is 10.0 Å². The first-order valence-electron chi connectivity index (χ1n) is 6.04. The zero-order valence-electron chi connectivity index (χ0n) is 10.8. The summed E-state index contributed by atoms with van der Waals surface area (Å²) in [6.45, 7) is 2.35. The number of hydrogen-bond acceptors (Lipinski definition) is 5. The minimum Gasteiger partial charge on any atom is -0.398 e. The van der Waals surface area contributed by atoms with Crippen LogP contribution >= 0.6 is 23.5 Å². The number of nitrogens with two attached hydrogens (primary N) is 1. The van der Waals surface area contributed by atoms with E-state index in [1.807, 2.05) is 30.4 Å². The minimum absolute atomic E-state index is 0.173. The Morgan fingerprint density at radius 3 is 2.84 bits per heavy atom. The molecular formula is C12H18N2O2S3. The molecule has 0 bridgehead atoms. The predicted molar refractivity (Wildman–Crippen MR) is 84.4 cm³/mol. The van der Waals surface area contributed by atoms with Crippen LogP contribution in [0.4, 0.5) is 5.69 Å². The lowest BCUT2D eigenvalue weighted by Gasteiger charge is -2.21. The molecule has 0 saturated carbocycles. The van der Waals surface area contributed by atoms with Gasteiger partial charge in [-0.25, -0.2) is 13.1 Å². The van der Waals surface area contributed by atoms with Gasteiger partial charge in [0.15, 0.2) is 0 Å². The Kier molecular flexibility index (Phi) is 5.05. The number of hydrogen-bond donors (Lipinski definition) is 2. The molecule has 0 amide bonds. The monoisotopic (exact) mass is 318 g/mol. The van der Waals surface area contributed by atoms with Crippen molar-refractivity contribution in [2.45, 2.75) is 17.1 Å². The first-order chi connectivity index (χ1) is 8.99. The molecule has 1 aliphatic rings. The zero-order chi connectivity index (χ0) is 13.9. The fourth-order valence-corrected chi connectivity index (χ4v) is 5.76. The molecule has 1 unspecified atom stereocenters. The number of nitrogen functional groups attached to an aromatic ring is 1. The summed E-state index contributed by atoms with van der Waals surface area (Å²) in [5.41, 5.74) is 7.05. The van der Waals surface area contributed by atoms with Crippen molar-refractivity contribution >= 4 is 39.2 Å². The first-order valence-corrected chi connectivity index (χ1v) is 9.73. The fraction of sp³-hybridized carbons (Fsp3) is 0.500. The topological polar surface area (TPSA) is 72.2 Å². The number of thioether (sulfide) groups is 2. The molecular weight excluding hydrogens is 300 g/mol. The number of sulfonamides is 1. The van der Waals surface area contributed by atoms with Gasteiger partial charge in [-0.3, -0.25) is 0 Å². The van der Waals surface area contributed by atoms with Gasteiger partial charge in [0.2, 0.25) is 10.0 Å². The van der Waals surface area contributed by atoms with Crippen molar-refractivity contribution in [3.8, 4) is 0 Å². The summed E-state index contributed by atoms with van der Waals surface area (Å²) in [6.07, 6.45) is 0. The van der Waals surface area contributed by atoms with Crippen molar-refractivity contribution in [2.24, 2.45) is 0 Å². The van der Waals surface area contributed by atoms with Crippen LogP contribution in [0, 0.1) is 6.92 Å². The smallest absolute Gasteiger partial charge is 0.242 e. The van der Waals surface area contributed by atoms with Gasteiger partial charge in [-0.05, 0) is 24.6 Å². The van der Waals surface area contributed by atoms with Crippen LogP contribution < -0.4 is 10.5 Å². The Labute approximate surface area is 123 Å². The number of nitrogens with one attached hydrogen (secondary N) is 1. The van der Waals surface area contributed by atoms with E-state index in [0.29, 0.717) is 17.5 Å². The molecule has 1 atom stereocenters. The van der Waals surface area contributed by atoms with Crippen molar-refractivity contribution in [2.75, 3.05) is 29.5 Å². The highest BCUT2D eigenvalue weighted by molar-refractivity contribution is 8.06. The SMILES string of the molecule is Cc1ccc(S(=O)(=O)NCC2CSCCS2)c(N)c1. The van der Waals surface area contributed by atoms with Gasteiger partial charge in [-0.15, -0.1) is 0 Å². The molecule has 106 valence electrons. The average Bonchev–Trinajstić information content (AvgIpc) is 2.37. The molecule has 0 aliphatic carbocycles. The van der Waals surface area contributed by atoms with Crippen molar-refractivity contribution in [3.63, 3.8) is 0 Å². The normalized spacial score (nSPS) is 20.4. The van der Waals surface area contributed by atoms with Gasteiger partial charge in [-0.1, -0.05) is 6.07 Å². The molecule has 3 N–H and O–H groups in total. The Balaban J connectivity index is 2.05. The van der Waals surface area contributed by atoms with Gasteiger partial charge >= 0.3 is 0 Å². The van der Waals surface area contributed by atoms with E-state index in [1.54, 1.807) is 18.2 Å². The highest BCUT2D eigenvalue weighted by Gasteiger charge is 2.21. The Bertz CT molecular complexity index is 540. The van der Waals surface area contributed by atoms with Crippen LogP contribution in [0.25, 0.3) is 0 Å². The largest absolute Gasteiger partial charge is 0.398 e. The minimum atomic E-state index is -3.50. The number of aryl methyl sites for hydroxylation is 1. The lowest BCUT2D eigenvalue weighted by Crippen LogP contribution is -2.33. The predicted octanol–water partition coefficient (Wildman–Crippen LogP) is 1.70. The van der Waals surface area contributed by atoms with Gasteiger partial charge in [0.25, 0.3) is 0 Å². The first kappa shape index (κ1) is 15.0. The highest BCUT2D eigenvalue weighted by atomic mass is 32.2. The van der Waals surface area contributed by atoms with Gasteiger partial charge in [0.05, 0.1) is 5.69 Å². The highest BCUT2D eigenvalue weighted by Crippen LogP contribution is 2.24. The summed E-state index contributed by atoms with van der Waals surface area (Å²) < 4.78 is 27.1. The van der Waals surface area contributed by atoms with E-state index in [0.717, 1.165) is 22.8 Å². The van der Waals surface area contributed by atoms with Crippen LogP contribution in [0.3, 0.4) is 0 Å². The molecule has 0 aromatic heterocycles. The third-order valence-electron chi connectivity index (χ3n) is 2.84. The molecule has 1 fully saturated rings. The van der Waals surface area contributed by atoms with Gasteiger partial charge in [0.1, 0.15) is 4.90 Å². The van der Waals surface area contributed by atoms with Gasteiger partial charge in [0, 0.05) is 29.1 Å². The molecule has 1 saturated heterocycles. The maximum Gasteiger partial charge on any atom is 0.242 e. The van der Waals surface area contributed by atoms with E-state index in [4.69, 9.17) is 5.73 Å². The van der Waals surface area contributed by atoms with Gasteiger partial charge in [-0.2, -0.15) is 23.5 Å². The lowest BCUT2D eigenvalue weighted by atomic mass is 10.2. The molecule has 1 aromatic carbocycles. The molecule has 1 aliphatic heterocycles. The van der Waals surface area contributed by atoms with Gasteiger partial charge < -0.3 is 5.73 Å². The zero-order valence-corrected chi connectivity index (χ0v) is 13.2. The van der Waals surface area contributed by atoms with Crippen LogP contribution in [0.15, 0.2) is 23.1 Å². The summed E-state index contributed by atoms with van der Waals surface area (Å²) in [6, 6.07) is 5.01. The number of anilines is 1. The van der Waals surface area contributed by atoms with E-state index in [2.05, 4.69) is 4.72 Å². The molecule has 0 spiro atoms. The summed E-state index contributed by atoms with van der Waals surface area (Å²) >= 11 is 3.70. The summed E-state index contributed by atoms with van der Waals surface area (Å²) in [4.78, 5) is 0.173. The van der Waals surface area contributed by atoms with Crippen molar-refractivity contribution < 1.29 is 8.42 Å². The van der Waals surface area contributed by atoms with Crippen molar-refractivity contribution in [1.29, 1.82) is 0 Å².